The van der Waals surface area contributed by atoms with Gasteiger partial charge in [-0.3, -0.25) is 4.68 Å². The van der Waals surface area contributed by atoms with E-state index in [1.807, 2.05) is 0 Å². The second kappa shape index (κ2) is 3.34. The normalized spacial score (nSPS) is 17.5. The molecule has 1 aliphatic carbocycles. The molecule has 0 aromatic carbocycles. The molecule has 82 valence electrons. The average molecular weight is 209 g/mol. The van der Waals surface area contributed by atoms with E-state index in [1.54, 1.807) is 24.9 Å². The fraction of sp³-hybridized carbons (Fsp3) is 0.600. The van der Waals surface area contributed by atoms with Gasteiger partial charge in [0.2, 0.25) is 0 Å². The van der Waals surface area contributed by atoms with E-state index in [2.05, 4.69) is 5.10 Å². The van der Waals surface area contributed by atoms with Gasteiger partial charge in [0.05, 0.1) is 6.61 Å². The third kappa shape index (κ3) is 1.74. The quantitative estimate of drug-likeness (QED) is 0.738. The molecule has 1 heterocycles. The zero-order valence-corrected chi connectivity index (χ0v) is 8.99. The number of carbonyl (C=O) groups excluding carboxylic acids is 1. The van der Waals surface area contributed by atoms with Crippen LogP contribution in [-0.4, -0.2) is 22.4 Å². The van der Waals surface area contributed by atoms with Crippen LogP contribution >= 0.6 is 0 Å². The summed E-state index contributed by atoms with van der Waals surface area (Å²) in [7, 11) is 1.78. The van der Waals surface area contributed by atoms with Crippen LogP contribution in [-0.2, 0) is 17.3 Å². The van der Waals surface area contributed by atoms with E-state index in [0.717, 1.165) is 18.4 Å². The number of hydrogen-bond acceptors (Lipinski definition) is 4. The Morgan fingerprint density at radius 3 is 2.93 bits per heavy atom. The van der Waals surface area contributed by atoms with Crippen LogP contribution in [0.15, 0.2) is 6.20 Å². The maximum absolute atomic E-state index is 11.6. The Balaban J connectivity index is 2.33. The van der Waals surface area contributed by atoms with Gasteiger partial charge < -0.3 is 10.5 Å². The van der Waals surface area contributed by atoms with E-state index >= 15 is 0 Å². The predicted molar refractivity (Wildman–Crippen MR) is 54.3 cm³/mol. The molecule has 0 radical (unpaired) electrons. The average Bonchev–Trinajstić information content (AvgIpc) is 2.78. The number of esters is 1. The molecule has 15 heavy (non-hydrogen) atoms. The summed E-state index contributed by atoms with van der Waals surface area (Å²) >= 11 is 0. The molecule has 0 saturated heterocycles. The minimum absolute atomic E-state index is 0.351. The Labute approximate surface area is 88.2 Å². The van der Waals surface area contributed by atoms with Crippen molar-refractivity contribution in [1.82, 2.24) is 9.78 Å². The number of aromatic nitrogens is 2. The number of rotatable bonds is 3. The second-order valence-corrected chi connectivity index (χ2v) is 3.94. The van der Waals surface area contributed by atoms with Crippen molar-refractivity contribution >= 4 is 5.97 Å². The van der Waals surface area contributed by atoms with E-state index in [9.17, 15) is 4.79 Å². The smallest absolute Gasteiger partial charge is 0.359 e. The molecule has 1 aromatic heterocycles. The van der Waals surface area contributed by atoms with Crippen LogP contribution in [0.4, 0.5) is 0 Å². The fourth-order valence-electron chi connectivity index (χ4n) is 1.61. The fourth-order valence-corrected chi connectivity index (χ4v) is 1.61. The summed E-state index contributed by atoms with van der Waals surface area (Å²) in [5.41, 5.74) is 6.87. The Bertz CT molecular complexity index is 393. The largest absolute Gasteiger partial charge is 0.461 e. The van der Waals surface area contributed by atoms with Gasteiger partial charge in [0.15, 0.2) is 5.69 Å². The van der Waals surface area contributed by atoms with E-state index in [0.29, 0.717) is 12.3 Å². The van der Waals surface area contributed by atoms with E-state index in [1.165, 1.54) is 0 Å². The molecule has 0 atom stereocenters. The molecule has 5 nitrogen and oxygen atoms in total. The highest BCUT2D eigenvalue weighted by molar-refractivity contribution is 5.89. The highest BCUT2D eigenvalue weighted by Gasteiger charge is 2.44. The van der Waals surface area contributed by atoms with Crippen LogP contribution in [0.3, 0.4) is 0 Å². The molecule has 5 heteroatoms. The lowest BCUT2D eigenvalue weighted by Gasteiger charge is -2.07. The molecule has 1 aromatic rings. The highest BCUT2D eigenvalue weighted by Crippen LogP contribution is 2.43. The summed E-state index contributed by atoms with van der Waals surface area (Å²) < 4.78 is 6.54. The summed E-state index contributed by atoms with van der Waals surface area (Å²) in [4.78, 5) is 11.6. The molecule has 2 N–H and O–H groups in total. The number of aryl methyl sites for hydroxylation is 1. The molecule has 1 fully saturated rings. The standard InChI is InChI=1S/C10H15N3O2/c1-3-15-9(14)8-7(6-13(2)12-8)10(11)4-5-10/h6H,3-5,11H2,1-2H3. The van der Waals surface area contributed by atoms with E-state index in [-0.39, 0.29) is 11.5 Å². The first kappa shape index (κ1) is 10.2. The van der Waals surface area contributed by atoms with Crippen molar-refractivity contribution in [3.05, 3.63) is 17.5 Å². The van der Waals surface area contributed by atoms with Crippen LogP contribution in [0.25, 0.3) is 0 Å². The number of nitrogens with two attached hydrogens (primary N) is 1. The van der Waals surface area contributed by atoms with Gasteiger partial charge in [-0.05, 0) is 19.8 Å². The van der Waals surface area contributed by atoms with Crippen molar-refractivity contribution in [3.8, 4) is 0 Å². The predicted octanol–water partition coefficient (Wildman–Crippen LogP) is 0.545. The summed E-state index contributed by atoms with van der Waals surface area (Å²) in [6, 6.07) is 0. The third-order valence-corrected chi connectivity index (χ3v) is 2.62. The number of hydrogen-bond donors (Lipinski definition) is 1. The maximum Gasteiger partial charge on any atom is 0.359 e. The summed E-state index contributed by atoms with van der Waals surface area (Å²) in [6.45, 7) is 2.13. The second-order valence-electron chi connectivity index (χ2n) is 3.94. The Morgan fingerprint density at radius 2 is 2.40 bits per heavy atom. The zero-order valence-electron chi connectivity index (χ0n) is 8.99. The lowest BCUT2D eigenvalue weighted by Crippen LogP contribution is -2.22. The summed E-state index contributed by atoms with van der Waals surface area (Å²) in [5, 5.41) is 4.10. The van der Waals surface area contributed by atoms with Crippen molar-refractivity contribution in [3.63, 3.8) is 0 Å². The first-order valence-corrected chi connectivity index (χ1v) is 5.07. The van der Waals surface area contributed by atoms with Gasteiger partial charge in [-0.15, -0.1) is 0 Å². The van der Waals surface area contributed by atoms with Gasteiger partial charge in [0.25, 0.3) is 0 Å². The highest BCUT2D eigenvalue weighted by atomic mass is 16.5. The summed E-state index contributed by atoms with van der Waals surface area (Å²) in [5.74, 6) is -0.384. The Morgan fingerprint density at radius 1 is 1.73 bits per heavy atom. The van der Waals surface area contributed by atoms with Gasteiger partial charge in [0.1, 0.15) is 0 Å². The van der Waals surface area contributed by atoms with Gasteiger partial charge >= 0.3 is 5.97 Å². The van der Waals surface area contributed by atoms with Gasteiger partial charge in [-0.2, -0.15) is 5.10 Å². The Hall–Kier alpha value is -1.36. The van der Waals surface area contributed by atoms with Crippen LogP contribution in [0.2, 0.25) is 0 Å². The van der Waals surface area contributed by atoms with Crippen LogP contribution in [0.5, 0.6) is 0 Å². The molecular weight excluding hydrogens is 194 g/mol. The number of nitrogens with zero attached hydrogens (tertiary/aromatic N) is 2. The lowest BCUT2D eigenvalue weighted by atomic mass is 10.1. The van der Waals surface area contributed by atoms with Crippen molar-refractivity contribution < 1.29 is 9.53 Å². The minimum atomic E-state index is -0.384. The molecule has 1 aliphatic rings. The minimum Gasteiger partial charge on any atom is -0.461 e. The third-order valence-electron chi connectivity index (χ3n) is 2.62. The van der Waals surface area contributed by atoms with Gasteiger partial charge in [-0.25, -0.2) is 4.79 Å². The summed E-state index contributed by atoms with van der Waals surface area (Å²) in [6.07, 6.45) is 3.62. The molecule has 0 unspecified atom stereocenters. The van der Waals surface area contributed by atoms with Crippen molar-refractivity contribution in [2.24, 2.45) is 12.8 Å². The van der Waals surface area contributed by atoms with Crippen molar-refractivity contribution in [2.75, 3.05) is 6.61 Å². The van der Waals surface area contributed by atoms with Crippen LogP contribution < -0.4 is 5.73 Å². The van der Waals surface area contributed by atoms with E-state index < -0.39 is 0 Å². The molecule has 0 spiro atoms. The number of carbonyl (C=O) groups is 1. The zero-order chi connectivity index (χ0) is 11.1. The van der Waals surface area contributed by atoms with Crippen LogP contribution in [0.1, 0.15) is 35.8 Å². The molecule has 1 saturated carbocycles. The van der Waals surface area contributed by atoms with Crippen molar-refractivity contribution in [1.29, 1.82) is 0 Å². The Kier molecular flexibility index (Phi) is 2.26. The molecule has 2 rings (SSSR count). The van der Waals surface area contributed by atoms with Gasteiger partial charge in [-0.1, -0.05) is 0 Å². The monoisotopic (exact) mass is 209 g/mol. The maximum atomic E-state index is 11.6. The molecule has 0 amide bonds. The van der Waals surface area contributed by atoms with E-state index in [4.69, 9.17) is 10.5 Å². The molecule has 0 bridgehead atoms. The SMILES string of the molecule is CCOC(=O)c1nn(C)cc1C1(N)CC1. The molecular formula is C10H15N3O2. The molecule has 0 aliphatic heterocycles. The van der Waals surface area contributed by atoms with Crippen molar-refractivity contribution in [2.45, 2.75) is 25.3 Å². The van der Waals surface area contributed by atoms with Gasteiger partial charge in [0, 0.05) is 24.3 Å². The lowest BCUT2D eigenvalue weighted by molar-refractivity contribution is 0.0516. The first-order valence-electron chi connectivity index (χ1n) is 5.07. The van der Waals surface area contributed by atoms with Crippen LogP contribution in [0, 0.1) is 0 Å². The topological polar surface area (TPSA) is 70.1 Å². The first-order chi connectivity index (χ1) is 7.07. The number of ether oxygens (including phenoxy) is 1.